The largest absolute Gasteiger partial charge is 2.00 e. The molecule has 0 aliphatic rings. The zero-order valence-corrected chi connectivity index (χ0v) is 13.2. The molecule has 0 amide bonds. The van der Waals surface area contributed by atoms with Crippen LogP contribution in [-0.2, 0) is 6.61 Å². The molecule has 0 aliphatic carbocycles. The number of halogens is 1. The maximum absolute atomic E-state index is 5.62. The molecule has 2 aromatic carbocycles. The predicted octanol–water partition coefficient (Wildman–Crippen LogP) is -0.302. The third-order valence-corrected chi connectivity index (χ3v) is 2.25. The smallest absolute Gasteiger partial charge is 1.00 e. The molecule has 0 fully saturated rings. The van der Waals surface area contributed by atoms with Crippen LogP contribution in [0.25, 0.3) is 0 Å². The second-order valence-electron chi connectivity index (χ2n) is 3.37. The van der Waals surface area contributed by atoms with Crippen molar-refractivity contribution < 1.29 is 26.5 Å². The van der Waals surface area contributed by atoms with Gasteiger partial charge in [-0.05, 0) is 24.3 Å². The monoisotopic (exact) mass is 316 g/mol. The third-order valence-electron chi connectivity index (χ3n) is 2.25. The summed E-state index contributed by atoms with van der Waals surface area (Å²) < 4.78 is 10.7. The molecule has 0 bridgehead atoms. The van der Waals surface area contributed by atoms with Gasteiger partial charge in [-0.2, -0.15) is 30.3 Å². The number of methoxy groups -OCH3 is 1. The van der Waals surface area contributed by atoms with Gasteiger partial charge in [0.1, 0.15) is 11.5 Å². The molecule has 0 unspecified atom stereocenters. The summed E-state index contributed by atoms with van der Waals surface area (Å²) in [6.07, 6.45) is 0. The summed E-state index contributed by atoms with van der Waals surface area (Å²) >= 11 is 0. The minimum Gasteiger partial charge on any atom is -1.00 e. The summed E-state index contributed by atoms with van der Waals surface area (Å²) in [5, 5.41) is 0. The molecular weight excluding hydrogens is 304 g/mol. The Morgan fingerprint density at radius 2 is 1.50 bits per heavy atom. The zero-order chi connectivity index (χ0) is 11.2. The summed E-state index contributed by atoms with van der Waals surface area (Å²) in [6, 6.07) is 18.3. The van der Waals surface area contributed by atoms with Crippen molar-refractivity contribution in [1.29, 1.82) is 0 Å². The van der Waals surface area contributed by atoms with Crippen molar-refractivity contribution in [2.75, 3.05) is 7.11 Å². The summed E-state index contributed by atoms with van der Waals surface area (Å²) in [5.74, 6) is 1.68. The van der Waals surface area contributed by atoms with Crippen LogP contribution in [0.3, 0.4) is 0 Å². The van der Waals surface area contributed by atoms with E-state index >= 15 is 0 Å². The van der Waals surface area contributed by atoms with Gasteiger partial charge in [0, 0.05) is 0 Å². The molecule has 0 heterocycles. The molecular formula is C14H13BrMgO2. The Balaban J connectivity index is 0.00000144. The van der Waals surface area contributed by atoms with Crippen molar-refractivity contribution >= 4 is 23.1 Å². The molecule has 0 atom stereocenters. The van der Waals surface area contributed by atoms with Crippen LogP contribution in [0.4, 0.5) is 0 Å². The Kier molecular flexibility index (Phi) is 8.88. The summed E-state index contributed by atoms with van der Waals surface area (Å²) in [5.41, 5.74) is 1.13. The topological polar surface area (TPSA) is 18.5 Å². The number of benzene rings is 2. The van der Waals surface area contributed by atoms with Crippen molar-refractivity contribution in [3.05, 3.63) is 60.2 Å². The summed E-state index contributed by atoms with van der Waals surface area (Å²) in [6.45, 7) is 0.570. The van der Waals surface area contributed by atoms with E-state index in [1.807, 2.05) is 48.5 Å². The molecule has 0 N–H and O–H groups in total. The van der Waals surface area contributed by atoms with Gasteiger partial charge >= 0.3 is 23.1 Å². The van der Waals surface area contributed by atoms with Crippen LogP contribution in [-0.4, -0.2) is 30.2 Å². The second kappa shape index (κ2) is 9.25. The molecule has 2 nitrogen and oxygen atoms in total. The fraction of sp³-hybridized carbons (Fsp3) is 0.143. The first-order valence-corrected chi connectivity index (χ1v) is 5.10. The minimum absolute atomic E-state index is 0. The van der Waals surface area contributed by atoms with E-state index in [1.165, 1.54) is 0 Å². The van der Waals surface area contributed by atoms with E-state index in [4.69, 9.17) is 9.47 Å². The Labute approximate surface area is 134 Å². The number of hydrogen-bond donors (Lipinski definition) is 0. The van der Waals surface area contributed by atoms with E-state index in [2.05, 4.69) is 6.07 Å². The van der Waals surface area contributed by atoms with Crippen LogP contribution in [0.1, 0.15) is 5.56 Å². The third kappa shape index (κ3) is 5.29. The van der Waals surface area contributed by atoms with Gasteiger partial charge in [-0.25, -0.2) is 0 Å². The molecule has 18 heavy (non-hydrogen) atoms. The fourth-order valence-corrected chi connectivity index (χ4v) is 1.36. The molecule has 0 saturated carbocycles. The summed E-state index contributed by atoms with van der Waals surface area (Å²) in [7, 11) is 1.65. The van der Waals surface area contributed by atoms with Crippen LogP contribution < -0.4 is 26.5 Å². The minimum atomic E-state index is 0. The summed E-state index contributed by atoms with van der Waals surface area (Å²) in [4.78, 5) is 0. The van der Waals surface area contributed by atoms with Gasteiger partial charge in [0.25, 0.3) is 0 Å². The van der Waals surface area contributed by atoms with Gasteiger partial charge in [-0.15, -0.1) is 5.56 Å². The Bertz CT molecular complexity index is 431. The second-order valence-corrected chi connectivity index (χ2v) is 3.37. The van der Waals surface area contributed by atoms with E-state index < -0.39 is 0 Å². The molecule has 0 radical (unpaired) electrons. The van der Waals surface area contributed by atoms with Gasteiger partial charge in [0.05, 0.1) is 13.7 Å². The maximum atomic E-state index is 5.62. The average Bonchev–Trinajstić information content (AvgIpc) is 2.38. The molecule has 0 spiro atoms. The first-order valence-electron chi connectivity index (χ1n) is 5.10. The van der Waals surface area contributed by atoms with Crippen molar-refractivity contribution in [3.8, 4) is 11.5 Å². The first-order chi connectivity index (χ1) is 7.88. The van der Waals surface area contributed by atoms with E-state index in [0.717, 1.165) is 17.1 Å². The van der Waals surface area contributed by atoms with Crippen molar-refractivity contribution in [3.63, 3.8) is 0 Å². The molecule has 90 valence electrons. The SMILES string of the molecule is COc1ccc(OCc2cc[c-]cc2)cc1.[Br-].[Mg+2]. The molecule has 0 aliphatic heterocycles. The van der Waals surface area contributed by atoms with Crippen LogP contribution in [0, 0.1) is 6.07 Å². The molecule has 2 aromatic rings. The fourth-order valence-electron chi connectivity index (χ4n) is 1.36. The van der Waals surface area contributed by atoms with E-state index in [-0.39, 0.29) is 40.0 Å². The van der Waals surface area contributed by atoms with Crippen LogP contribution in [0.5, 0.6) is 11.5 Å². The van der Waals surface area contributed by atoms with Crippen molar-refractivity contribution in [2.24, 2.45) is 0 Å². The number of rotatable bonds is 4. The Morgan fingerprint density at radius 3 is 2.06 bits per heavy atom. The zero-order valence-electron chi connectivity index (χ0n) is 10.2. The van der Waals surface area contributed by atoms with Crippen LogP contribution in [0.2, 0.25) is 0 Å². The van der Waals surface area contributed by atoms with Gasteiger partial charge in [-0.1, -0.05) is 0 Å². The predicted molar refractivity (Wildman–Crippen MR) is 68.4 cm³/mol. The molecule has 4 heteroatoms. The molecule has 0 aromatic heterocycles. The van der Waals surface area contributed by atoms with Crippen LogP contribution >= 0.6 is 0 Å². The standard InChI is InChI=1S/C14H13O2.BrH.Mg/c1-15-13-7-9-14(10-8-13)16-11-12-5-3-2-4-6-12;;/h3-10H,11H2,1H3;1H;/q-1;;+2/p-1. The Morgan fingerprint density at radius 1 is 0.944 bits per heavy atom. The first kappa shape index (κ1) is 17.3. The van der Waals surface area contributed by atoms with E-state index in [0.29, 0.717) is 6.61 Å². The number of ether oxygens (including phenoxy) is 2. The average molecular weight is 317 g/mol. The quantitative estimate of drug-likeness (QED) is 0.569. The van der Waals surface area contributed by atoms with E-state index in [1.54, 1.807) is 7.11 Å². The van der Waals surface area contributed by atoms with Gasteiger partial charge < -0.3 is 26.5 Å². The molecule has 2 rings (SSSR count). The van der Waals surface area contributed by atoms with Crippen molar-refractivity contribution in [2.45, 2.75) is 6.61 Å². The normalized spacial score (nSPS) is 8.72. The van der Waals surface area contributed by atoms with Crippen molar-refractivity contribution in [1.82, 2.24) is 0 Å². The molecule has 0 saturated heterocycles. The van der Waals surface area contributed by atoms with Gasteiger partial charge in [0.15, 0.2) is 0 Å². The Hall–Kier alpha value is -0.714. The maximum Gasteiger partial charge on any atom is 2.00 e. The number of hydrogen-bond acceptors (Lipinski definition) is 2. The van der Waals surface area contributed by atoms with E-state index in [9.17, 15) is 0 Å². The van der Waals surface area contributed by atoms with Crippen LogP contribution in [0.15, 0.2) is 48.5 Å². The van der Waals surface area contributed by atoms with Gasteiger partial charge in [0.2, 0.25) is 0 Å². The van der Waals surface area contributed by atoms with Gasteiger partial charge in [-0.3, -0.25) is 0 Å².